The first-order chi connectivity index (χ1) is 12.6. The van der Waals surface area contributed by atoms with E-state index in [4.69, 9.17) is 4.74 Å². The number of likely N-dealkylation sites (tertiary alicyclic amines) is 1. The van der Waals surface area contributed by atoms with Gasteiger partial charge in [0, 0.05) is 26.2 Å². The zero-order valence-electron chi connectivity index (χ0n) is 15.9. The molecule has 0 bridgehead atoms. The van der Waals surface area contributed by atoms with Gasteiger partial charge in [0.1, 0.15) is 6.54 Å². The molecule has 1 aliphatic rings. The molecule has 0 radical (unpaired) electrons. The topological polar surface area (TPSA) is 83.0 Å². The molecule has 0 saturated carbocycles. The Balaban J connectivity index is 0.00000364. The standard InChI is InChI=1S/C19H28N4O3.HI/c1-3-20-19(23-11-9-16(10-12-23)18(25)26-2)22-14-17(24)21-13-15-7-5-4-6-8-15;/h4-8,16H,3,9-14H2,1-2H3,(H,20,22)(H,21,24);1H. The van der Waals surface area contributed by atoms with Gasteiger partial charge in [-0.25, -0.2) is 4.99 Å². The van der Waals surface area contributed by atoms with Gasteiger partial charge in [0.2, 0.25) is 5.91 Å². The van der Waals surface area contributed by atoms with E-state index in [2.05, 4.69) is 20.5 Å². The fourth-order valence-corrected chi connectivity index (χ4v) is 2.92. The Labute approximate surface area is 178 Å². The van der Waals surface area contributed by atoms with Crippen LogP contribution >= 0.6 is 24.0 Å². The lowest BCUT2D eigenvalue weighted by molar-refractivity contribution is -0.146. The van der Waals surface area contributed by atoms with Crippen molar-refractivity contribution in [3.05, 3.63) is 35.9 Å². The van der Waals surface area contributed by atoms with E-state index in [9.17, 15) is 9.59 Å². The molecule has 0 atom stereocenters. The number of nitrogens with one attached hydrogen (secondary N) is 2. The molecular weight excluding hydrogens is 459 g/mol. The van der Waals surface area contributed by atoms with Crippen LogP contribution in [0.15, 0.2) is 35.3 Å². The number of esters is 1. The van der Waals surface area contributed by atoms with Gasteiger partial charge in [0.05, 0.1) is 13.0 Å². The molecule has 2 rings (SSSR count). The second-order valence-electron chi connectivity index (χ2n) is 6.22. The summed E-state index contributed by atoms with van der Waals surface area (Å²) in [7, 11) is 1.42. The molecule has 2 N–H and O–H groups in total. The van der Waals surface area contributed by atoms with Gasteiger partial charge < -0.3 is 20.3 Å². The van der Waals surface area contributed by atoms with Crippen LogP contribution in [0.25, 0.3) is 0 Å². The van der Waals surface area contributed by atoms with E-state index in [1.807, 2.05) is 37.3 Å². The van der Waals surface area contributed by atoms with E-state index in [0.29, 0.717) is 12.5 Å². The highest BCUT2D eigenvalue weighted by Crippen LogP contribution is 2.18. The smallest absolute Gasteiger partial charge is 0.308 e. The van der Waals surface area contributed by atoms with E-state index in [-0.39, 0.29) is 48.3 Å². The molecule has 150 valence electrons. The summed E-state index contributed by atoms with van der Waals surface area (Å²) in [5.41, 5.74) is 1.06. The highest BCUT2D eigenvalue weighted by Gasteiger charge is 2.27. The number of hydrogen-bond acceptors (Lipinski definition) is 4. The van der Waals surface area contributed by atoms with Crippen LogP contribution in [0.1, 0.15) is 25.3 Å². The van der Waals surface area contributed by atoms with E-state index in [0.717, 1.165) is 38.0 Å². The van der Waals surface area contributed by atoms with Crippen LogP contribution in [-0.2, 0) is 20.9 Å². The highest BCUT2D eigenvalue weighted by atomic mass is 127. The SMILES string of the molecule is CCNC(=NCC(=O)NCc1ccccc1)N1CCC(C(=O)OC)CC1.I. The summed E-state index contributed by atoms with van der Waals surface area (Å²) in [6, 6.07) is 9.78. The normalized spacial score (nSPS) is 14.9. The third kappa shape index (κ3) is 7.74. The minimum Gasteiger partial charge on any atom is -0.469 e. The molecule has 1 aromatic rings. The lowest BCUT2D eigenvalue weighted by Crippen LogP contribution is -2.47. The van der Waals surface area contributed by atoms with Crippen LogP contribution in [0.5, 0.6) is 0 Å². The summed E-state index contributed by atoms with van der Waals surface area (Å²) in [5, 5.41) is 6.09. The first-order valence-electron chi connectivity index (χ1n) is 9.05. The summed E-state index contributed by atoms with van der Waals surface area (Å²) in [5.74, 6) is 0.402. The van der Waals surface area contributed by atoms with Gasteiger partial charge in [-0.1, -0.05) is 30.3 Å². The van der Waals surface area contributed by atoms with Gasteiger partial charge in [-0.2, -0.15) is 0 Å². The van der Waals surface area contributed by atoms with Crippen molar-refractivity contribution in [3.8, 4) is 0 Å². The van der Waals surface area contributed by atoms with Gasteiger partial charge >= 0.3 is 5.97 Å². The van der Waals surface area contributed by atoms with Crippen molar-refractivity contribution in [1.82, 2.24) is 15.5 Å². The molecule has 27 heavy (non-hydrogen) atoms. The largest absolute Gasteiger partial charge is 0.469 e. The monoisotopic (exact) mass is 488 g/mol. The average Bonchev–Trinajstić information content (AvgIpc) is 2.70. The number of aliphatic imine (C=N–C) groups is 1. The molecule has 1 fully saturated rings. The van der Waals surface area contributed by atoms with Crippen molar-refractivity contribution < 1.29 is 14.3 Å². The number of carbonyl (C=O) groups excluding carboxylic acids is 2. The van der Waals surface area contributed by atoms with E-state index >= 15 is 0 Å². The van der Waals surface area contributed by atoms with Crippen LogP contribution in [0.3, 0.4) is 0 Å². The number of rotatable bonds is 6. The average molecular weight is 488 g/mol. The lowest BCUT2D eigenvalue weighted by atomic mass is 9.97. The second-order valence-corrected chi connectivity index (χ2v) is 6.22. The maximum atomic E-state index is 12.1. The number of methoxy groups -OCH3 is 1. The molecule has 1 heterocycles. The Bertz CT molecular complexity index is 617. The quantitative estimate of drug-likeness (QED) is 0.276. The summed E-state index contributed by atoms with van der Waals surface area (Å²) in [6.07, 6.45) is 1.47. The Morgan fingerprint density at radius 3 is 2.44 bits per heavy atom. The number of piperidine rings is 1. The Hall–Kier alpha value is -1.84. The third-order valence-electron chi connectivity index (χ3n) is 4.37. The summed E-state index contributed by atoms with van der Waals surface area (Å²) in [4.78, 5) is 30.2. The molecule has 1 aliphatic heterocycles. The molecule has 0 aliphatic carbocycles. The van der Waals surface area contributed by atoms with Crippen LogP contribution in [0.2, 0.25) is 0 Å². The van der Waals surface area contributed by atoms with E-state index in [1.165, 1.54) is 7.11 Å². The predicted octanol–water partition coefficient (Wildman–Crippen LogP) is 1.77. The number of benzene rings is 1. The Morgan fingerprint density at radius 1 is 1.19 bits per heavy atom. The van der Waals surface area contributed by atoms with Crippen LogP contribution in [0.4, 0.5) is 0 Å². The number of amides is 1. The molecule has 0 aromatic heterocycles. The third-order valence-corrected chi connectivity index (χ3v) is 4.37. The zero-order chi connectivity index (χ0) is 18.8. The minimum atomic E-state index is -0.146. The van der Waals surface area contributed by atoms with Gasteiger partial charge in [0.15, 0.2) is 5.96 Å². The summed E-state index contributed by atoms with van der Waals surface area (Å²) >= 11 is 0. The second kappa shape index (κ2) is 12.5. The number of guanidine groups is 1. The van der Waals surface area contributed by atoms with Gasteiger partial charge in [-0.05, 0) is 25.3 Å². The number of hydrogen-bond donors (Lipinski definition) is 2. The minimum absolute atomic E-state index is 0. The molecule has 0 spiro atoms. The molecular formula is C19H29IN4O3. The van der Waals surface area contributed by atoms with E-state index < -0.39 is 0 Å². The van der Waals surface area contributed by atoms with Crippen LogP contribution < -0.4 is 10.6 Å². The number of carbonyl (C=O) groups is 2. The van der Waals surface area contributed by atoms with Crippen LogP contribution in [-0.4, -0.2) is 56.0 Å². The molecule has 1 saturated heterocycles. The fraction of sp³-hybridized carbons (Fsp3) is 0.526. The summed E-state index contributed by atoms with van der Waals surface area (Å²) < 4.78 is 4.82. The van der Waals surface area contributed by atoms with Gasteiger partial charge in [-0.3, -0.25) is 9.59 Å². The first-order valence-corrected chi connectivity index (χ1v) is 9.05. The van der Waals surface area contributed by atoms with Crippen molar-refractivity contribution in [2.75, 3.05) is 33.3 Å². The van der Waals surface area contributed by atoms with Gasteiger partial charge in [0.25, 0.3) is 0 Å². The van der Waals surface area contributed by atoms with Crippen molar-refractivity contribution in [2.45, 2.75) is 26.3 Å². The zero-order valence-corrected chi connectivity index (χ0v) is 18.3. The molecule has 7 nitrogen and oxygen atoms in total. The van der Waals surface area contributed by atoms with Crippen molar-refractivity contribution in [2.24, 2.45) is 10.9 Å². The van der Waals surface area contributed by atoms with Crippen molar-refractivity contribution >= 4 is 41.8 Å². The molecule has 1 aromatic carbocycles. The number of ether oxygens (including phenoxy) is 1. The fourth-order valence-electron chi connectivity index (χ4n) is 2.92. The van der Waals surface area contributed by atoms with Gasteiger partial charge in [-0.15, -0.1) is 24.0 Å². The maximum Gasteiger partial charge on any atom is 0.308 e. The maximum absolute atomic E-state index is 12.1. The molecule has 0 unspecified atom stereocenters. The molecule has 8 heteroatoms. The van der Waals surface area contributed by atoms with Crippen LogP contribution in [0, 0.1) is 5.92 Å². The van der Waals surface area contributed by atoms with E-state index in [1.54, 1.807) is 0 Å². The Kier molecular flexibility index (Phi) is 10.8. The first kappa shape index (κ1) is 23.2. The lowest BCUT2D eigenvalue weighted by Gasteiger charge is -2.33. The highest BCUT2D eigenvalue weighted by molar-refractivity contribution is 14.0. The number of nitrogens with zero attached hydrogens (tertiary/aromatic N) is 2. The summed E-state index contributed by atoms with van der Waals surface area (Å²) in [6.45, 7) is 4.73. The Morgan fingerprint density at radius 2 is 1.85 bits per heavy atom. The molecule has 1 amide bonds. The van der Waals surface area contributed by atoms with Crippen molar-refractivity contribution in [1.29, 1.82) is 0 Å². The number of halogens is 1. The predicted molar refractivity (Wildman–Crippen MR) is 116 cm³/mol. The van der Waals surface area contributed by atoms with Crippen molar-refractivity contribution in [3.63, 3.8) is 0 Å².